The normalized spacial score (nSPS) is 11.1. The first-order valence-corrected chi connectivity index (χ1v) is 8.49. The van der Waals surface area contributed by atoms with Crippen LogP contribution in [0.2, 0.25) is 0 Å². The molecule has 0 aliphatic carbocycles. The van der Waals surface area contributed by atoms with Crippen LogP contribution < -0.4 is 10.6 Å². The van der Waals surface area contributed by atoms with Crippen molar-refractivity contribution in [1.82, 2.24) is 14.8 Å². The fourth-order valence-electron chi connectivity index (χ4n) is 2.16. The highest BCUT2D eigenvalue weighted by Gasteiger charge is 2.20. The van der Waals surface area contributed by atoms with E-state index < -0.39 is 17.6 Å². The molecule has 2 amide bonds. The zero-order valence-corrected chi connectivity index (χ0v) is 16.2. The quantitative estimate of drug-likeness (QED) is 0.804. The van der Waals surface area contributed by atoms with Crippen LogP contribution in [0.5, 0.6) is 0 Å². The zero-order valence-electron chi connectivity index (χ0n) is 16.2. The van der Waals surface area contributed by atoms with E-state index in [1.54, 1.807) is 63.9 Å². The van der Waals surface area contributed by atoms with Gasteiger partial charge in [-0.3, -0.25) is 14.8 Å². The van der Waals surface area contributed by atoms with E-state index in [2.05, 4.69) is 20.7 Å². The number of nitrogens with zero attached hydrogens (tertiary/aromatic N) is 3. The number of amides is 2. The largest absolute Gasteiger partial charge is 0.444 e. The minimum Gasteiger partial charge on any atom is -0.444 e. The van der Waals surface area contributed by atoms with Crippen molar-refractivity contribution in [2.45, 2.75) is 39.8 Å². The molecule has 27 heavy (non-hydrogen) atoms. The van der Waals surface area contributed by atoms with Crippen molar-refractivity contribution in [3.63, 3.8) is 0 Å². The van der Waals surface area contributed by atoms with Crippen molar-refractivity contribution in [2.75, 3.05) is 24.4 Å². The summed E-state index contributed by atoms with van der Waals surface area (Å²) in [5.74, 6) is -0.107. The molecule has 2 aromatic rings. The summed E-state index contributed by atoms with van der Waals surface area (Å²) in [6.07, 6.45) is 1.07. The molecular formula is C18H25N5O4. The third-order valence-corrected chi connectivity index (χ3v) is 3.29. The summed E-state index contributed by atoms with van der Waals surface area (Å²) in [6, 6.07) is 4.98. The molecule has 0 spiro atoms. The Bertz CT molecular complexity index is 810. The molecule has 2 aromatic heterocycles. The number of carbonyl (C=O) groups is 2. The first kappa shape index (κ1) is 20.4. The van der Waals surface area contributed by atoms with Crippen molar-refractivity contribution >= 4 is 23.5 Å². The van der Waals surface area contributed by atoms with E-state index >= 15 is 0 Å². The average Bonchev–Trinajstić information content (AvgIpc) is 3.00. The zero-order chi connectivity index (χ0) is 20.0. The number of hydrogen-bond acceptors (Lipinski definition) is 6. The highest BCUT2D eigenvalue weighted by atomic mass is 16.6. The minimum absolute atomic E-state index is 0.0762. The summed E-state index contributed by atoms with van der Waals surface area (Å²) in [5, 5.41) is 9.48. The summed E-state index contributed by atoms with van der Waals surface area (Å²) in [7, 11) is 1.61. The number of aromatic nitrogens is 3. The lowest BCUT2D eigenvalue weighted by Crippen LogP contribution is -2.28. The molecule has 2 N–H and O–H groups in total. The van der Waals surface area contributed by atoms with Crippen LogP contribution in [-0.4, -0.2) is 46.1 Å². The first-order chi connectivity index (χ1) is 12.7. The molecule has 9 heteroatoms. The van der Waals surface area contributed by atoms with Gasteiger partial charge in [0.1, 0.15) is 5.60 Å². The van der Waals surface area contributed by atoms with Gasteiger partial charge in [-0.15, -0.1) is 0 Å². The monoisotopic (exact) mass is 375 g/mol. The number of aryl methyl sites for hydroxylation is 1. The van der Waals surface area contributed by atoms with E-state index in [4.69, 9.17) is 9.47 Å². The van der Waals surface area contributed by atoms with Gasteiger partial charge in [0.25, 0.3) is 5.91 Å². The molecule has 0 atom stereocenters. The molecular weight excluding hydrogens is 350 g/mol. The van der Waals surface area contributed by atoms with Crippen LogP contribution in [0.25, 0.3) is 0 Å². The van der Waals surface area contributed by atoms with Crippen molar-refractivity contribution < 1.29 is 19.1 Å². The van der Waals surface area contributed by atoms with Gasteiger partial charge in [-0.2, -0.15) is 5.10 Å². The van der Waals surface area contributed by atoms with Crippen LogP contribution in [0.15, 0.2) is 24.4 Å². The third-order valence-electron chi connectivity index (χ3n) is 3.29. The molecule has 0 saturated heterocycles. The summed E-state index contributed by atoms with van der Waals surface area (Å²) in [4.78, 5) is 28.9. The van der Waals surface area contributed by atoms with Crippen molar-refractivity contribution in [1.29, 1.82) is 0 Å². The molecule has 0 radical (unpaired) electrons. The number of pyridine rings is 1. The Morgan fingerprint density at radius 1 is 1.19 bits per heavy atom. The van der Waals surface area contributed by atoms with Gasteiger partial charge in [0.05, 0.1) is 18.8 Å². The molecule has 0 unspecified atom stereocenters. The second-order valence-corrected chi connectivity index (χ2v) is 6.89. The van der Waals surface area contributed by atoms with E-state index in [-0.39, 0.29) is 11.4 Å². The Morgan fingerprint density at radius 2 is 1.93 bits per heavy atom. The third kappa shape index (κ3) is 6.37. The fraction of sp³-hybridized carbons (Fsp3) is 0.444. The smallest absolute Gasteiger partial charge is 0.412 e. The molecule has 146 valence electrons. The lowest BCUT2D eigenvalue weighted by Gasteiger charge is -2.20. The minimum atomic E-state index is -0.661. The topological polar surface area (TPSA) is 107 Å². The second-order valence-electron chi connectivity index (χ2n) is 6.89. The van der Waals surface area contributed by atoms with Crippen LogP contribution in [0, 0.1) is 6.92 Å². The second kappa shape index (κ2) is 8.63. The van der Waals surface area contributed by atoms with Gasteiger partial charge < -0.3 is 14.8 Å². The predicted octanol–water partition coefficient (Wildman–Crippen LogP) is 2.83. The maximum absolute atomic E-state index is 12.6. The van der Waals surface area contributed by atoms with E-state index in [1.165, 1.54) is 0 Å². The van der Waals surface area contributed by atoms with Gasteiger partial charge in [-0.1, -0.05) is 0 Å². The number of hydrogen-bond donors (Lipinski definition) is 2. The molecule has 0 bridgehead atoms. The molecule has 2 heterocycles. The van der Waals surface area contributed by atoms with E-state index in [0.717, 1.165) is 0 Å². The molecule has 9 nitrogen and oxygen atoms in total. The van der Waals surface area contributed by atoms with Gasteiger partial charge in [0.2, 0.25) is 0 Å². The standard InChI is InChI=1S/C18H25N5O4/c1-12-6-7-13(20-17(25)27-18(2,3)4)15(19-12)16(24)21-14-8-9-23(22-14)10-11-26-5/h6-9H,10-11H2,1-5H3,(H,20,25)(H,21,22,24). The number of carbonyl (C=O) groups excluding carboxylic acids is 2. The average molecular weight is 375 g/mol. The van der Waals surface area contributed by atoms with Crippen LogP contribution in [0.4, 0.5) is 16.3 Å². The summed E-state index contributed by atoms with van der Waals surface area (Å²) >= 11 is 0. The Morgan fingerprint density at radius 3 is 2.59 bits per heavy atom. The number of methoxy groups -OCH3 is 1. The van der Waals surface area contributed by atoms with Crippen LogP contribution in [-0.2, 0) is 16.0 Å². The first-order valence-electron chi connectivity index (χ1n) is 8.49. The van der Waals surface area contributed by atoms with Crippen LogP contribution in [0.1, 0.15) is 37.0 Å². The lowest BCUT2D eigenvalue weighted by atomic mass is 10.2. The molecule has 0 aliphatic heterocycles. The number of rotatable bonds is 6. The van der Waals surface area contributed by atoms with Crippen LogP contribution in [0.3, 0.4) is 0 Å². The number of ether oxygens (including phenoxy) is 2. The molecule has 0 saturated carbocycles. The Hall–Kier alpha value is -2.94. The predicted molar refractivity (Wildman–Crippen MR) is 101 cm³/mol. The number of anilines is 2. The Balaban J connectivity index is 2.14. The van der Waals surface area contributed by atoms with E-state index in [9.17, 15) is 9.59 Å². The SMILES string of the molecule is COCCn1ccc(NC(=O)c2nc(C)ccc2NC(=O)OC(C)(C)C)n1. The van der Waals surface area contributed by atoms with Crippen molar-refractivity contribution in [3.05, 3.63) is 35.8 Å². The molecule has 0 aliphatic rings. The van der Waals surface area contributed by atoms with Crippen molar-refractivity contribution in [2.24, 2.45) is 0 Å². The molecule has 0 fully saturated rings. The summed E-state index contributed by atoms with van der Waals surface area (Å²) in [5.41, 5.74) is 0.318. The number of nitrogens with one attached hydrogen (secondary N) is 2. The van der Waals surface area contributed by atoms with E-state index in [1.807, 2.05) is 0 Å². The Kier molecular flexibility index (Phi) is 6.51. The Labute approximate surface area is 158 Å². The van der Waals surface area contributed by atoms with Gasteiger partial charge in [-0.05, 0) is 39.8 Å². The lowest BCUT2D eigenvalue weighted by molar-refractivity contribution is 0.0636. The summed E-state index contributed by atoms with van der Waals surface area (Å²) in [6.45, 7) is 8.11. The molecule has 2 rings (SSSR count). The maximum Gasteiger partial charge on any atom is 0.412 e. The van der Waals surface area contributed by atoms with Crippen molar-refractivity contribution in [3.8, 4) is 0 Å². The van der Waals surface area contributed by atoms with Gasteiger partial charge >= 0.3 is 6.09 Å². The maximum atomic E-state index is 12.6. The van der Waals surface area contributed by atoms with E-state index in [0.29, 0.717) is 24.7 Å². The van der Waals surface area contributed by atoms with Gasteiger partial charge in [-0.25, -0.2) is 9.78 Å². The van der Waals surface area contributed by atoms with Crippen LogP contribution >= 0.6 is 0 Å². The fourth-order valence-corrected chi connectivity index (χ4v) is 2.16. The molecule has 0 aromatic carbocycles. The highest BCUT2D eigenvalue weighted by Crippen LogP contribution is 2.18. The van der Waals surface area contributed by atoms with Gasteiger partial charge in [0.15, 0.2) is 11.5 Å². The van der Waals surface area contributed by atoms with Gasteiger partial charge in [0, 0.05) is 25.1 Å². The highest BCUT2D eigenvalue weighted by molar-refractivity contribution is 6.07. The summed E-state index contributed by atoms with van der Waals surface area (Å²) < 4.78 is 11.9.